The van der Waals surface area contributed by atoms with Crippen LogP contribution in [-0.4, -0.2) is 51.4 Å². The first kappa shape index (κ1) is 17.5. The van der Waals surface area contributed by atoms with Crippen molar-refractivity contribution in [2.75, 3.05) is 32.1 Å². The zero-order chi connectivity index (χ0) is 15.9. The van der Waals surface area contributed by atoms with Gasteiger partial charge in [0.25, 0.3) is 0 Å². The Bertz CT molecular complexity index is 582. The molecule has 0 amide bonds. The smallest absolute Gasteiger partial charge is 0.193 e. The van der Waals surface area contributed by atoms with Gasteiger partial charge in [0.1, 0.15) is 9.84 Å². The van der Waals surface area contributed by atoms with Crippen LogP contribution in [0.3, 0.4) is 0 Å². The van der Waals surface area contributed by atoms with Crippen LogP contribution in [-0.2, 0) is 16.4 Å². The molecule has 0 aliphatic heterocycles. The second-order valence-electron chi connectivity index (χ2n) is 5.15. The second-order valence-corrected chi connectivity index (χ2v) is 7.41. The predicted molar refractivity (Wildman–Crippen MR) is 88.3 cm³/mol. The molecule has 5 nitrogen and oxygen atoms in total. The Morgan fingerprint density at radius 2 is 2.00 bits per heavy atom. The summed E-state index contributed by atoms with van der Waals surface area (Å²) >= 11 is 0. The molecule has 0 saturated heterocycles. The Hall–Kier alpha value is -1.56. The van der Waals surface area contributed by atoms with Gasteiger partial charge in [-0.1, -0.05) is 24.3 Å². The number of guanidine groups is 1. The number of sulfone groups is 1. The van der Waals surface area contributed by atoms with E-state index in [2.05, 4.69) is 29.4 Å². The van der Waals surface area contributed by atoms with Crippen LogP contribution >= 0.6 is 0 Å². The highest BCUT2D eigenvalue weighted by atomic mass is 32.2. The van der Waals surface area contributed by atoms with Gasteiger partial charge in [0, 0.05) is 26.4 Å². The fraction of sp³-hybridized carbons (Fsp3) is 0.533. The van der Waals surface area contributed by atoms with E-state index in [9.17, 15) is 8.42 Å². The molecule has 1 aromatic rings. The summed E-state index contributed by atoms with van der Waals surface area (Å²) in [6.45, 7) is 5.83. The molecule has 0 unspecified atom stereocenters. The van der Waals surface area contributed by atoms with Crippen LogP contribution in [0.4, 0.5) is 0 Å². The standard InChI is InChI=1S/C15H25N3O2S/c1-5-16-15(17-10-11-21(4,19)20)18(3)12-14-9-7-6-8-13(14)2/h6-9H,5,10-12H2,1-4H3,(H,16,17). The molecule has 118 valence electrons. The molecule has 0 heterocycles. The number of aryl methyl sites for hydroxylation is 1. The SMILES string of the molecule is CCNC(=NCCS(C)(=O)=O)N(C)Cc1ccccc1C. The lowest BCUT2D eigenvalue weighted by Crippen LogP contribution is -2.39. The molecule has 0 bridgehead atoms. The molecule has 1 rings (SSSR count). The summed E-state index contributed by atoms with van der Waals surface area (Å²) in [6.07, 6.45) is 1.23. The summed E-state index contributed by atoms with van der Waals surface area (Å²) < 4.78 is 22.3. The molecule has 0 aliphatic carbocycles. The van der Waals surface area contributed by atoms with Crippen molar-refractivity contribution in [1.29, 1.82) is 0 Å². The lowest BCUT2D eigenvalue weighted by atomic mass is 10.1. The molecule has 0 aliphatic rings. The van der Waals surface area contributed by atoms with Gasteiger partial charge in [0.2, 0.25) is 0 Å². The van der Waals surface area contributed by atoms with Crippen molar-refractivity contribution in [3.63, 3.8) is 0 Å². The maximum Gasteiger partial charge on any atom is 0.193 e. The van der Waals surface area contributed by atoms with Crippen molar-refractivity contribution in [3.05, 3.63) is 35.4 Å². The molecule has 0 aromatic heterocycles. The molecule has 0 atom stereocenters. The first-order valence-corrected chi connectivity index (χ1v) is 9.11. The topological polar surface area (TPSA) is 61.8 Å². The number of benzene rings is 1. The van der Waals surface area contributed by atoms with E-state index in [4.69, 9.17) is 0 Å². The van der Waals surface area contributed by atoms with Crippen LogP contribution in [0.25, 0.3) is 0 Å². The van der Waals surface area contributed by atoms with E-state index >= 15 is 0 Å². The van der Waals surface area contributed by atoms with E-state index in [0.717, 1.165) is 19.0 Å². The second kappa shape index (κ2) is 8.02. The first-order valence-electron chi connectivity index (χ1n) is 7.05. The van der Waals surface area contributed by atoms with Crippen molar-refractivity contribution in [2.45, 2.75) is 20.4 Å². The predicted octanol–water partition coefficient (Wildman–Crippen LogP) is 1.44. The fourth-order valence-electron chi connectivity index (χ4n) is 1.90. The average Bonchev–Trinajstić information content (AvgIpc) is 2.39. The highest BCUT2D eigenvalue weighted by Crippen LogP contribution is 2.09. The third-order valence-corrected chi connectivity index (χ3v) is 4.01. The molecule has 0 fully saturated rings. The van der Waals surface area contributed by atoms with Crippen molar-refractivity contribution in [1.82, 2.24) is 10.2 Å². The van der Waals surface area contributed by atoms with Crippen molar-refractivity contribution >= 4 is 15.8 Å². The van der Waals surface area contributed by atoms with Crippen molar-refractivity contribution < 1.29 is 8.42 Å². The molecular weight excluding hydrogens is 286 g/mol. The van der Waals surface area contributed by atoms with E-state index in [1.807, 2.05) is 31.0 Å². The van der Waals surface area contributed by atoms with Gasteiger partial charge in [-0.3, -0.25) is 4.99 Å². The number of nitrogens with zero attached hydrogens (tertiary/aromatic N) is 2. The average molecular weight is 311 g/mol. The highest BCUT2D eigenvalue weighted by Gasteiger charge is 2.08. The molecule has 0 saturated carbocycles. The summed E-state index contributed by atoms with van der Waals surface area (Å²) in [5.41, 5.74) is 2.46. The molecular formula is C15H25N3O2S. The Labute approximate surface area is 128 Å². The number of rotatable bonds is 6. The molecule has 6 heteroatoms. The van der Waals surface area contributed by atoms with Gasteiger partial charge in [-0.05, 0) is 25.0 Å². The third-order valence-electron chi connectivity index (χ3n) is 3.09. The molecule has 1 N–H and O–H groups in total. The first-order chi connectivity index (χ1) is 9.83. The maximum absolute atomic E-state index is 11.2. The number of hydrogen-bond donors (Lipinski definition) is 1. The number of hydrogen-bond acceptors (Lipinski definition) is 3. The van der Waals surface area contributed by atoms with Crippen LogP contribution in [0.2, 0.25) is 0 Å². The summed E-state index contributed by atoms with van der Waals surface area (Å²) in [6, 6.07) is 8.21. The molecule has 0 radical (unpaired) electrons. The van der Waals surface area contributed by atoms with Crippen molar-refractivity contribution in [2.24, 2.45) is 4.99 Å². The fourth-order valence-corrected chi connectivity index (χ4v) is 2.33. The van der Waals surface area contributed by atoms with Crippen LogP contribution in [0, 0.1) is 6.92 Å². The molecule has 1 aromatic carbocycles. The van der Waals surface area contributed by atoms with E-state index in [1.54, 1.807) is 0 Å². The van der Waals surface area contributed by atoms with E-state index in [-0.39, 0.29) is 12.3 Å². The monoisotopic (exact) mass is 311 g/mol. The van der Waals surface area contributed by atoms with Gasteiger partial charge in [0.15, 0.2) is 5.96 Å². The lowest BCUT2D eigenvalue weighted by Gasteiger charge is -2.23. The Morgan fingerprint density at radius 3 is 2.57 bits per heavy atom. The van der Waals surface area contributed by atoms with Gasteiger partial charge < -0.3 is 10.2 Å². The molecule has 21 heavy (non-hydrogen) atoms. The largest absolute Gasteiger partial charge is 0.357 e. The van der Waals surface area contributed by atoms with Crippen LogP contribution in [0.15, 0.2) is 29.3 Å². The van der Waals surface area contributed by atoms with E-state index in [0.29, 0.717) is 0 Å². The summed E-state index contributed by atoms with van der Waals surface area (Å²) in [7, 11) is -1.03. The summed E-state index contributed by atoms with van der Waals surface area (Å²) in [5, 5.41) is 3.19. The zero-order valence-corrected chi connectivity index (χ0v) is 14.1. The van der Waals surface area contributed by atoms with Crippen LogP contribution in [0.5, 0.6) is 0 Å². The van der Waals surface area contributed by atoms with Gasteiger partial charge in [-0.25, -0.2) is 8.42 Å². The number of aliphatic imine (C=N–C) groups is 1. The van der Waals surface area contributed by atoms with Gasteiger partial charge in [-0.2, -0.15) is 0 Å². The van der Waals surface area contributed by atoms with Crippen molar-refractivity contribution in [3.8, 4) is 0 Å². The lowest BCUT2D eigenvalue weighted by molar-refractivity contribution is 0.476. The quantitative estimate of drug-likeness (QED) is 0.638. The Balaban J connectivity index is 2.75. The van der Waals surface area contributed by atoms with E-state index in [1.165, 1.54) is 17.4 Å². The minimum Gasteiger partial charge on any atom is -0.357 e. The Morgan fingerprint density at radius 1 is 1.33 bits per heavy atom. The zero-order valence-electron chi connectivity index (χ0n) is 13.3. The van der Waals surface area contributed by atoms with E-state index < -0.39 is 9.84 Å². The maximum atomic E-state index is 11.2. The Kier molecular flexibility index (Phi) is 6.68. The van der Waals surface area contributed by atoms with Gasteiger partial charge >= 0.3 is 0 Å². The molecule has 0 spiro atoms. The minimum absolute atomic E-state index is 0.0695. The van der Waals surface area contributed by atoms with Crippen LogP contribution < -0.4 is 5.32 Å². The summed E-state index contributed by atoms with van der Waals surface area (Å²) in [4.78, 5) is 6.38. The van der Waals surface area contributed by atoms with Gasteiger partial charge in [-0.15, -0.1) is 0 Å². The van der Waals surface area contributed by atoms with Gasteiger partial charge in [0.05, 0.1) is 12.3 Å². The van der Waals surface area contributed by atoms with Crippen LogP contribution in [0.1, 0.15) is 18.1 Å². The highest BCUT2D eigenvalue weighted by molar-refractivity contribution is 7.90. The summed E-state index contributed by atoms with van der Waals surface area (Å²) in [5.74, 6) is 0.796. The normalized spacial score (nSPS) is 12.3. The minimum atomic E-state index is -2.98. The number of nitrogens with one attached hydrogen (secondary N) is 1. The third kappa shape index (κ3) is 6.62.